The maximum Gasteiger partial charge on any atom is 0.193 e. The van der Waals surface area contributed by atoms with Crippen molar-refractivity contribution in [2.24, 2.45) is 0 Å². The van der Waals surface area contributed by atoms with Crippen molar-refractivity contribution in [2.75, 3.05) is 0 Å². The van der Waals surface area contributed by atoms with Crippen LogP contribution in [0.5, 0.6) is 0 Å². The van der Waals surface area contributed by atoms with Gasteiger partial charge in [0.05, 0.1) is 4.90 Å². The van der Waals surface area contributed by atoms with Gasteiger partial charge in [-0.15, -0.1) is 0 Å². The number of benzene rings is 2. The molecule has 0 N–H and O–H groups in total. The number of halogens is 1. The van der Waals surface area contributed by atoms with E-state index >= 15 is 0 Å². The van der Waals surface area contributed by atoms with Crippen LogP contribution in [0.1, 0.15) is 21.2 Å². The molecular weight excluding hydrogens is 284 g/mol. The topological polar surface area (TPSA) is 51.2 Å². The second-order valence-corrected chi connectivity index (χ2v) is 6.77. The lowest BCUT2D eigenvalue weighted by Gasteiger charge is -2.08. The third kappa shape index (κ3) is 1.79. The molecule has 0 aromatic heterocycles. The van der Waals surface area contributed by atoms with E-state index in [1.807, 2.05) is 0 Å². The molecule has 0 fully saturated rings. The number of carbonyl (C=O) groups excluding carboxylic acids is 1. The molecule has 5 heteroatoms. The summed E-state index contributed by atoms with van der Waals surface area (Å²) in [5.41, 5.74) is 0.716. The van der Waals surface area contributed by atoms with Gasteiger partial charge in [0.1, 0.15) is 0 Å². The lowest BCUT2D eigenvalue weighted by atomic mass is 10.0. The fourth-order valence-corrected chi connectivity index (χ4v) is 4.34. The van der Waals surface area contributed by atoms with Crippen LogP contribution in [-0.2, 0) is 9.84 Å². The molecule has 1 atom stereocenters. The molecule has 0 saturated carbocycles. The summed E-state index contributed by atoms with van der Waals surface area (Å²) < 4.78 is 24.9. The molecule has 3 nitrogen and oxygen atoms in total. The Morgan fingerprint density at radius 2 is 1.58 bits per heavy atom. The van der Waals surface area contributed by atoms with Gasteiger partial charge in [-0.2, -0.15) is 0 Å². The average molecular weight is 293 g/mol. The van der Waals surface area contributed by atoms with Crippen molar-refractivity contribution in [3.63, 3.8) is 0 Å². The van der Waals surface area contributed by atoms with Crippen molar-refractivity contribution < 1.29 is 13.2 Å². The Balaban J connectivity index is 2.21. The lowest BCUT2D eigenvalue weighted by molar-refractivity contribution is 0.0990. The van der Waals surface area contributed by atoms with Crippen LogP contribution >= 0.6 is 11.6 Å². The second-order valence-electron chi connectivity index (χ2n) is 4.34. The van der Waals surface area contributed by atoms with Gasteiger partial charge < -0.3 is 0 Å². The molecule has 1 heterocycles. The van der Waals surface area contributed by atoms with Crippen LogP contribution in [0, 0.1) is 0 Å². The number of rotatable bonds is 1. The maximum atomic E-state index is 12.4. The monoisotopic (exact) mass is 292 g/mol. The van der Waals surface area contributed by atoms with Gasteiger partial charge in [-0.25, -0.2) is 8.42 Å². The van der Waals surface area contributed by atoms with E-state index in [0.717, 1.165) is 0 Å². The fraction of sp³-hybridized carbons (Fsp3) is 0.0714. The van der Waals surface area contributed by atoms with Crippen molar-refractivity contribution in [1.82, 2.24) is 0 Å². The largest absolute Gasteiger partial charge is 0.292 e. The highest BCUT2D eigenvalue weighted by Gasteiger charge is 2.44. The molecule has 96 valence electrons. The molecule has 2 aromatic rings. The van der Waals surface area contributed by atoms with Crippen molar-refractivity contribution in [3.05, 3.63) is 64.7 Å². The summed E-state index contributed by atoms with van der Waals surface area (Å²) in [6.45, 7) is 0. The van der Waals surface area contributed by atoms with Gasteiger partial charge in [-0.1, -0.05) is 41.9 Å². The van der Waals surface area contributed by atoms with Crippen LogP contribution in [0.4, 0.5) is 0 Å². The highest BCUT2D eigenvalue weighted by atomic mass is 35.5. The molecule has 0 radical (unpaired) electrons. The van der Waals surface area contributed by atoms with E-state index in [1.165, 1.54) is 6.07 Å². The van der Waals surface area contributed by atoms with E-state index in [4.69, 9.17) is 11.6 Å². The summed E-state index contributed by atoms with van der Waals surface area (Å²) in [5, 5.41) is -0.647. The Labute approximate surface area is 115 Å². The maximum absolute atomic E-state index is 12.4. The first-order chi connectivity index (χ1) is 9.01. The number of fused-ring (bicyclic) bond motifs is 1. The van der Waals surface area contributed by atoms with Gasteiger partial charge in [-0.05, 0) is 23.8 Å². The summed E-state index contributed by atoms with van der Waals surface area (Å²) in [4.78, 5) is 12.4. The van der Waals surface area contributed by atoms with Crippen LogP contribution in [0.15, 0.2) is 53.4 Å². The van der Waals surface area contributed by atoms with Gasteiger partial charge in [0.25, 0.3) is 0 Å². The van der Waals surface area contributed by atoms with E-state index < -0.39 is 15.1 Å². The van der Waals surface area contributed by atoms with E-state index in [1.54, 1.807) is 42.5 Å². The predicted molar refractivity (Wildman–Crippen MR) is 72.2 cm³/mol. The van der Waals surface area contributed by atoms with Crippen molar-refractivity contribution >= 4 is 27.2 Å². The van der Waals surface area contributed by atoms with Crippen molar-refractivity contribution in [1.29, 1.82) is 0 Å². The Morgan fingerprint density at radius 1 is 0.947 bits per heavy atom. The molecule has 0 unspecified atom stereocenters. The number of sulfone groups is 1. The minimum absolute atomic E-state index is 0.111. The van der Waals surface area contributed by atoms with Crippen molar-refractivity contribution in [2.45, 2.75) is 10.1 Å². The highest BCUT2D eigenvalue weighted by molar-refractivity contribution is 7.93. The molecule has 0 bridgehead atoms. The quantitative estimate of drug-likeness (QED) is 0.812. The number of hydrogen-bond donors (Lipinski definition) is 0. The first-order valence-corrected chi connectivity index (χ1v) is 7.57. The smallest absolute Gasteiger partial charge is 0.193 e. The molecular formula is C14H9ClO3S. The Hall–Kier alpha value is -1.65. The number of hydrogen-bond acceptors (Lipinski definition) is 3. The summed E-state index contributed by atoms with van der Waals surface area (Å²) in [6, 6.07) is 12.6. The normalized spacial score (nSPS) is 20.3. The predicted octanol–water partition coefficient (Wildman–Crippen LogP) is 3.05. The Bertz CT molecular complexity index is 764. The second kappa shape index (κ2) is 4.18. The zero-order valence-electron chi connectivity index (χ0n) is 9.71. The Kier molecular flexibility index (Phi) is 2.73. The van der Waals surface area contributed by atoms with E-state index in [9.17, 15) is 13.2 Å². The van der Waals surface area contributed by atoms with Crippen LogP contribution in [0.2, 0.25) is 5.02 Å². The zero-order chi connectivity index (χ0) is 13.6. The van der Waals surface area contributed by atoms with Gasteiger partial charge in [-0.3, -0.25) is 4.79 Å². The minimum atomic E-state index is -3.65. The van der Waals surface area contributed by atoms with E-state index in [2.05, 4.69) is 0 Å². The van der Waals surface area contributed by atoms with Crippen LogP contribution in [0.25, 0.3) is 0 Å². The number of Topliss-reactive ketones (excluding diaryl/α,β-unsaturated/α-hetero) is 1. The first-order valence-electron chi connectivity index (χ1n) is 5.64. The molecule has 3 rings (SSSR count). The van der Waals surface area contributed by atoms with E-state index in [0.29, 0.717) is 10.6 Å². The summed E-state index contributed by atoms with van der Waals surface area (Å²) >= 11 is 5.78. The van der Waals surface area contributed by atoms with Crippen LogP contribution in [0.3, 0.4) is 0 Å². The summed E-state index contributed by atoms with van der Waals surface area (Å²) in [7, 11) is -3.65. The molecule has 19 heavy (non-hydrogen) atoms. The zero-order valence-corrected chi connectivity index (χ0v) is 11.3. The average Bonchev–Trinajstić information content (AvgIpc) is 2.60. The van der Waals surface area contributed by atoms with Crippen LogP contribution < -0.4 is 0 Å². The van der Waals surface area contributed by atoms with Crippen LogP contribution in [-0.4, -0.2) is 14.2 Å². The highest BCUT2D eigenvalue weighted by Crippen LogP contribution is 2.40. The third-order valence-electron chi connectivity index (χ3n) is 3.18. The van der Waals surface area contributed by atoms with Gasteiger partial charge in [0.15, 0.2) is 20.9 Å². The van der Waals surface area contributed by atoms with Gasteiger partial charge in [0.2, 0.25) is 0 Å². The molecule has 0 aliphatic carbocycles. The summed E-state index contributed by atoms with van der Waals surface area (Å²) in [5.74, 6) is -0.377. The molecule has 2 aromatic carbocycles. The third-order valence-corrected chi connectivity index (χ3v) is 5.51. The number of carbonyl (C=O) groups is 1. The van der Waals surface area contributed by atoms with Crippen molar-refractivity contribution in [3.8, 4) is 0 Å². The molecule has 0 saturated heterocycles. The lowest BCUT2D eigenvalue weighted by Crippen LogP contribution is -2.13. The molecule has 0 spiro atoms. The standard InChI is InChI=1S/C14H9ClO3S/c15-10-7-5-9(6-8-10)14-13(16)11-3-1-2-4-12(11)19(14,17)18/h1-8,14H/t14-/m0/s1. The van der Waals surface area contributed by atoms with Gasteiger partial charge in [0, 0.05) is 10.6 Å². The minimum Gasteiger partial charge on any atom is -0.292 e. The SMILES string of the molecule is O=C1c2ccccc2S(=O)(=O)[C@H]1c1ccc(Cl)cc1. The number of ketones is 1. The fourth-order valence-electron chi connectivity index (χ4n) is 2.30. The summed E-state index contributed by atoms with van der Waals surface area (Å²) in [6.07, 6.45) is 0. The molecule has 1 aliphatic heterocycles. The Morgan fingerprint density at radius 3 is 2.21 bits per heavy atom. The first kappa shape index (κ1) is 12.4. The van der Waals surface area contributed by atoms with E-state index in [-0.39, 0.29) is 16.2 Å². The molecule has 1 aliphatic rings. The van der Waals surface area contributed by atoms with Gasteiger partial charge >= 0.3 is 0 Å². The molecule has 0 amide bonds.